The minimum absolute atomic E-state index is 0.0770. The number of ether oxygens (including phenoxy) is 1. The number of amides is 1. The Kier molecular flexibility index (Phi) is 4.72. The summed E-state index contributed by atoms with van der Waals surface area (Å²) >= 11 is 0. The van der Waals surface area contributed by atoms with Gasteiger partial charge in [0.1, 0.15) is 12.6 Å². The zero-order chi connectivity index (χ0) is 20.8. The Morgan fingerprint density at radius 1 is 1.03 bits per heavy atom. The standard InChI is InChI=1S/C21H18F3NO4/c22-21(23,24)12-9-18(19(26)27)25(10-12)20(28)29-11-17-15-7-3-1-5-13(15)14-6-2-4-8-16(14)17/h1-8,12,17-18H,9-11H2,(H,26,27)/t12-,18-/m1/s1. The van der Waals surface area contributed by atoms with Crippen LogP contribution in [-0.4, -0.2) is 47.4 Å². The molecule has 1 amide bonds. The molecule has 0 radical (unpaired) electrons. The molecule has 8 heteroatoms. The molecule has 1 N–H and O–H groups in total. The molecule has 0 bridgehead atoms. The second kappa shape index (κ2) is 7.09. The van der Waals surface area contributed by atoms with Gasteiger partial charge in [0.25, 0.3) is 0 Å². The van der Waals surface area contributed by atoms with Gasteiger partial charge in [-0.15, -0.1) is 0 Å². The summed E-state index contributed by atoms with van der Waals surface area (Å²) in [5.74, 6) is -3.59. The van der Waals surface area contributed by atoms with Crippen molar-refractivity contribution in [3.05, 3.63) is 59.7 Å². The number of carboxylic acid groups (broad SMARTS) is 1. The van der Waals surface area contributed by atoms with Gasteiger partial charge < -0.3 is 9.84 Å². The molecule has 1 saturated heterocycles. The third-order valence-corrected chi connectivity index (χ3v) is 5.62. The average molecular weight is 405 g/mol. The highest BCUT2D eigenvalue weighted by molar-refractivity contribution is 5.81. The van der Waals surface area contributed by atoms with E-state index in [1.54, 1.807) is 0 Å². The quantitative estimate of drug-likeness (QED) is 0.828. The zero-order valence-electron chi connectivity index (χ0n) is 15.2. The van der Waals surface area contributed by atoms with E-state index in [4.69, 9.17) is 4.74 Å². The van der Waals surface area contributed by atoms with E-state index in [0.29, 0.717) is 4.90 Å². The van der Waals surface area contributed by atoms with Crippen molar-refractivity contribution in [1.29, 1.82) is 0 Å². The van der Waals surface area contributed by atoms with Crippen LogP contribution in [0.1, 0.15) is 23.5 Å². The minimum atomic E-state index is -4.56. The summed E-state index contributed by atoms with van der Waals surface area (Å²) in [7, 11) is 0. The van der Waals surface area contributed by atoms with E-state index in [1.807, 2.05) is 48.5 Å². The molecule has 2 aliphatic rings. The third-order valence-electron chi connectivity index (χ3n) is 5.62. The van der Waals surface area contributed by atoms with E-state index in [-0.39, 0.29) is 12.5 Å². The molecule has 0 spiro atoms. The third kappa shape index (κ3) is 3.43. The Balaban J connectivity index is 1.52. The summed E-state index contributed by atoms with van der Waals surface area (Å²) in [5, 5.41) is 9.24. The Labute approximate surface area is 164 Å². The van der Waals surface area contributed by atoms with Gasteiger partial charge in [-0.05, 0) is 28.7 Å². The number of nitrogens with zero attached hydrogens (tertiary/aromatic N) is 1. The van der Waals surface area contributed by atoms with Crippen LogP contribution in [0.3, 0.4) is 0 Å². The monoisotopic (exact) mass is 405 g/mol. The Morgan fingerprint density at radius 3 is 2.10 bits per heavy atom. The Bertz CT molecular complexity index is 913. The number of alkyl halides is 3. The van der Waals surface area contributed by atoms with Gasteiger partial charge in [-0.1, -0.05) is 48.5 Å². The van der Waals surface area contributed by atoms with Gasteiger partial charge in [-0.2, -0.15) is 13.2 Å². The number of aliphatic carboxylic acids is 1. The lowest BCUT2D eigenvalue weighted by atomic mass is 9.98. The lowest BCUT2D eigenvalue weighted by Crippen LogP contribution is -2.41. The highest BCUT2D eigenvalue weighted by Gasteiger charge is 2.51. The van der Waals surface area contributed by atoms with E-state index < -0.39 is 43.2 Å². The van der Waals surface area contributed by atoms with Gasteiger partial charge in [0.15, 0.2) is 0 Å². The number of benzene rings is 2. The predicted octanol–water partition coefficient (Wildman–Crippen LogP) is 4.27. The first kappa shape index (κ1) is 19.3. The SMILES string of the molecule is O=C(O)[C@H]1C[C@@H](C(F)(F)F)CN1C(=O)OCC1c2ccccc2-c2ccccc21. The molecule has 1 fully saturated rings. The van der Waals surface area contributed by atoms with Crippen LogP contribution in [0, 0.1) is 5.92 Å². The highest BCUT2D eigenvalue weighted by atomic mass is 19.4. The number of halogens is 3. The first-order valence-corrected chi connectivity index (χ1v) is 9.18. The fourth-order valence-electron chi connectivity index (χ4n) is 4.19. The lowest BCUT2D eigenvalue weighted by Gasteiger charge is -2.22. The molecule has 0 unspecified atom stereocenters. The van der Waals surface area contributed by atoms with Crippen LogP contribution >= 0.6 is 0 Å². The number of carboxylic acids is 1. The van der Waals surface area contributed by atoms with E-state index >= 15 is 0 Å². The lowest BCUT2D eigenvalue weighted by molar-refractivity contribution is -0.170. The van der Waals surface area contributed by atoms with Crippen molar-refractivity contribution in [2.75, 3.05) is 13.2 Å². The van der Waals surface area contributed by atoms with Crippen LogP contribution < -0.4 is 0 Å². The molecule has 0 saturated carbocycles. The second-order valence-electron chi connectivity index (χ2n) is 7.28. The Hall–Kier alpha value is -3.03. The number of hydrogen-bond donors (Lipinski definition) is 1. The number of hydrogen-bond acceptors (Lipinski definition) is 3. The summed E-state index contributed by atoms with van der Waals surface area (Å²) in [6.45, 7) is -0.788. The molecule has 2 aromatic carbocycles. The van der Waals surface area contributed by atoms with Crippen LogP contribution in [0.25, 0.3) is 11.1 Å². The van der Waals surface area contributed by atoms with Crippen LogP contribution in [0.15, 0.2) is 48.5 Å². The first-order chi connectivity index (χ1) is 13.8. The smallest absolute Gasteiger partial charge is 0.410 e. The molecule has 4 rings (SSSR count). The zero-order valence-corrected chi connectivity index (χ0v) is 15.2. The average Bonchev–Trinajstić information content (AvgIpc) is 3.27. The van der Waals surface area contributed by atoms with Crippen molar-refractivity contribution in [2.45, 2.75) is 24.6 Å². The molecule has 5 nitrogen and oxygen atoms in total. The van der Waals surface area contributed by atoms with Crippen LogP contribution in [-0.2, 0) is 9.53 Å². The topological polar surface area (TPSA) is 66.8 Å². The minimum Gasteiger partial charge on any atom is -0.480 e. The van der Waals surface area contributed by atoms with Crippen molar-refractivity contribution in [2.24, 2.45) is 5.92 Å². The van der Waals surface area contributed by atoms with Gasteiger partial charge >= 0.3 is 18.2 Å². The van der Waals surface area contributed by atoms with Gasteiger partial charge in [0, 0.05) is 12.5 Å². The number of rotatable bonds is 3. The van der Waals surface area contributed by atoms with Gasteiger partial charge in [0.2, 0.25) is 0 Å². The molecule has 1 aliphatic heterocycles. The molecule has 1 aliphatic carbocycles. The molecule has 1 heterocycles. The van der Waals surface area contributed by atoms with Gasteiger partial charge in [-0.3, -0.25) is 4.90 Å². The van der Waals surface area contributed by atoms with Gasteiger partial charge in [-0.25, -0.2) is 9.59 Å². The summed E-state index contributed by atoms with van der Waals surface area (Å²) in [6.07, 6.45) is -6.26. The van der Waals surface area contributed by atoms with E-state index in [0.717, 1.165) is 22.3 Å². The maximum absolute atomic E-state index is 13.0. The predicted molar refractivity (Wildman–Crippen MR) is 97.4 cm³/mol. The fourth-order valence-corrected chi connectivity index (χ4v) is 4.19. The van der Waals surface area contributed by atoms with E-state index in [1.165, 1.54) is 0 Å². The van der Waals surface area contributed by atoms with Crippen molar-refractivity contribution in [3.8, 4) is 11.1 Å². The summed E-state index contributed by atoms with van der Waals surface area (Å²) in [6, 6.07) is 13.8. The van der Waals surface area contributed by atoms with Crippen LogP contribution in [0.2, 0.25) is 0 Å². The van der Waals surface area contributed by atoms with E-state index in [2.05, 4.69) is 0 Å². The molecule has 2 atom stereocenters. The normalized spacial score (nSPS) is 21.0. The molecule has 29 heavy (non-hydrogen) atoms. The number of carbonyl (C=O) groups is 2. The molecule has 0 aromatic heterocycles. The molecular weight excluding hydrogens is 387 g/mol. The first-order valence-electron chi connectivity index (χ1n) is 9.18. The molecule has 2 aromatic rings. The molecule has 152 valence electrons. The largest absolute Gasteiger partial charge is 0.480 e. The number of fused-ring (bicyclic) bond motifs is 3. The summed E-state index contributed by atoms with van der Waals surface area (Å²) < 4.78 is 44.4. The summed E-state index contributed by atoms with van der Waals surface area (Å²) in [4.78, 5) is 24.5. The number of carbonyl (C=O) groups excluding carboxylic acids is 1. The fraction of sp³-hybridized carbons (Fsp3) is 0.333. The summed E-state index contributed by atoms with van der Waals surface area (Å²) in [5.41, 5.74) is 3.97. The van der Waals surface area contributed by atoms with Gasteiger partial charge in [0.05, 0.1) is 5.92 Å². The van der Waals surface area contributed by atoms with Crippen LogP contribution in [0.4, 0.5) is 18.0 Å². The van der Waals surface area contributed by atoms with Crippen LogP contribution in [0.5, 0.6) is 0 Å². The maximum Gasteiger partial charge on any atom is 0.410 e. The Morgan fingerprint density at radius 2 is 1.59 bits per heavy atom. The second-order valence-corrected chi connectivity index (χ2v) is 7.28. The number of likely N-dealkylation sites (tertiary alicyclic amines) is 1. The molecular formula is C21H18F3NO4. The van der Waals surface area contributed by atoms with Crippen molar-refractivity contribution < 1.29 is 32.6 Å². The maximum atomic E-state index is 13.0. The highest BCUT2D eigenvalue weighted by Crippen LogP contribution is 2.44. The van der Waals surface area contributed by atoms with Crippen molar-refractivity contribution in [1.82, 2.24) is 4.90 Å². The van der Waals surface area contributed by atoms with Crippen molar-refractivity contribution in [3.63, 3.8) is 0 Å². The van der Waals surface area contributed by atoms with E-state index in [9.17, 15) is 27.9 Å². The van der Waals surface area contributed by atoms with Crippen molar-refractivity contribution >= 4 is 12.1 Å².